The van der Waals surface area contributed by atoms with Crippen LogP contribution in [0.5, 0.6) is 5.75 Å². The number of nitrogens with one attached hydrogen (secondary N) is 2. The van der Waals surface area contributed by atoms with Crippen molar-refractivity contribution in [2.45, 2.75) is 43.5 Å². The molecular weight excluding hydrogens is 339 g/mol. The van der Waals surface area contributed by atoms with E-state index in [0.717, 1.165) is 19.3 Å². The second kappa shape index (κ2) is 8.50. The van der Waals surface area contributed by atoms with Gasteiger partial charge in [0.15, 0.2) is 5.96 Å². The fourth-order valence-electron chi connectivity index (χ4n) is 2.73. The highest BCUT2D eigenvalue weighted by Gasteiger charge is 2.32. The smallest absolute Gasteiger partial charge is 0.405 e. The standard InChI is InChI=1S/C16H22F3N3OS/c1-20-15(22-12-7-8-13(9-12)24-2)21-10-11-5-3-4-6-14(11)23-16(17,18)19/h3-6,12-13H,7-10H2,1-2H3,(H2,20,21,22). The number of hydrogen-bond acceptors (Lipinski definition) is 3. The number of rotatable bonds is 5. The minimum Gasteiger partial charge on any atom is -0.405 e. The van der Waals surface area contributed by atoms with Crippen molar-refractivity contribution in [2.75, 3.05) is 13.3 Å². The predicted molar refractivity (Wildman–Crippen MR) is 91.4 cm³/mol. The van der Waals surface area contributed by atoms with Crippen LogP contribution >= 0.6 is 11.8 Å². The van der Waals surface area contributed by atoms with E-state index in [-0.39, 0.29) is 12.3 Å². The topological polar surface area (TPSA) is 45.7 Å². The predicted octanol–water partition coefficient (Wildman–Crippen LogP) is 3.53. The van der Waals surface area contributed by atoms with Gasteiger partial charge in [0, 0.05) is 30.4 Å². The van der Waals surface area contributed by atoms with Gasteiger partial charge < -0.3 is 15.4 Å². The minimum absolute atomic E-state index is 0.198. The zero-order valence-electron chi connectivity index (χ0n) is 13.7. The van der Waals surface area contributed by atoms with Crippen LogP contribution in [0.25, 0.3) is 0 Å². The Balaban J connectivity index is 1.92. The van der Waals surface area contributed by atoms with Crippen LogP contribution in [-0.2, 0) is 6.54 Å². The first-order chi connectivity index (χ1) is 11.4. The van der Waals surface area contributed by atoms with Crippen molar-refractivity contribution in [1.29, 1.82) is 0 Å². The molecule has 1 aromatic rings. The van der Waals surface area contributed by atoms with Crippen LogP contribution < -0.4 is 15.4 Å². The molecular formula is C16H22F3N3OS. The molecule has 1 saturated carbocycles. The number of para-hydroxylation sites is 1. The van der Waals surface area contributed by atoms with Crippen molar-refractivity contribution in [2.24, 2.45) is 4.99 Å². The van der Waals surface area contributed by atoms with Crippen molar-refractivity contribution < 1.29 is 17.9 Å². The fourth-order valence-corrected chi connectivity index (χ4v) is 3.52. The molecule has 1 aliphatic rings. The van der Waals surface area contributed by atoms with Crippen LogP contribution in [0.3, 0.4) is 0 Å². The molecule has 24 heavy (non-hydrogen) atoms. The van der Waals surface area contributed by atoms with Crippen LogP contribution in [0.2, 0.25) is 0 Å². The average molecular weight is 361 g/mol. The molecule has 0 amide bonds. The average Bonchev–Trinajstić information content (AvgIpc) is 2.99. The van der Waals surface area contributed by atoms with Gasteiger partial charge in [-0.05, 0) is 31.6 Å². The van der Waals surface area contributed by atoms with E-state index in [2.05, 4.69) is 26.6 Å². The van der Waals surface area contributed by atoms with Gasteiger partial charge in [-0.1, -0.05) is 18.2 Å². The molecule has 8 heteroatoms. The van der Waals surface area contributed by atoms with Crippen molar-refractivity contribution in [1.82, 2.24) is 10.6 Å². The first kappa shape index (κ1) is 18.8. The van der Waals surface area contributed by atoms with E-state index < -0.39 is 6.36 Å². The Labute approximate surface area is 144 Å². The van der Waals surface area contributed by atoms with Crippen LogP contribution in [0.4, 0.5) is 13.2 Å². The summed E-state index contributed by atoms with van der Waals surface area (Å²) < 4.78 is 41.4. The number of nitrogens with zero attached hydrogens (tertiary/aromatic N) is 1. The van der Waals surface area contributed by atoms with Crippen molar-refractivity contribution in [3.63, 3.8) is 0 Å². The van der Waals surface area contributed by atoms with Crippen molar-refractivity contribution in [3.8, 4) is 5.75 Å². The molecule has 1 aliphatic carbocycles. The molecule has 0 spiro atoms. The fraction of sp³-hybridized carbons (Fsp3) is 0.562. The molecule has 0 bridgehead atoms. The molecule has 2 atom stereocenters. The highest BCUT2D eigenvalue weighted by Crippen LogP contribution is 2.28. The Hall–Kier alpha value is -1.57. The quantitative estimate of drug-likeness (QED) is 0.622. The SMILES string of the molecule is CN=C(NCc1ccccc1OC(F)(F)F)NC1CCC(SC)C1. The van der Waals surface area contributed by atoms with E-state index in [1.807, 2.05) is 11.8 Å². The number of thioether (sulfide) groups is 1. The molecule has 4 nitrogen and oxygen atoms in total. The van der Waals surface area contributed by atoms with Gasteiger partial charge in [-0.15, -0.1) is 13.2 Å². The van der Waals surface area contributed by atoms with Crippen LogP contribution in [0, 0.1) is 0 Å². The molecule has 134 valence electrons. The van der Waals surface area contributed by atoms with Crippen molar-refractivity contribution >= 4 is 17.7 Å². The van der Waals surface area contributed by atoms with Crippen LogP contribution in [0.1, 0.15) is 24.8 Å². The number of hydrogen-bond donors (Lipinski definition) is 2. The van der Waals surface area contributed by atoms with Gasteiger partial charge in [0.2, 0.25) is 0 Å². The van der Waals surface area contributed by atoms with Gasteiger partial charge in [0.05, 0.1) is 0 Å². The highest BCUT2D eigenvalue weighted by molar-refractivity contribution is 7.99. The molecule has 0 saturated heterocycles. The molecule has 2 N–H and O–H groups in total. The first-order valence-corrected chi connectivity index (χ1v) is 9.03. The zero-order chi connectivity index (χ0) is 17.6. The number of aliphatic imine (C=N–C) groups is 1. The number of alkyl halides is 3. The van der Waals surface area contributed by atoms with E-state index in [9.17, 15) is 13.2 Å². The second-order valence-electron chi connectivity index (χ2n) is 5.59. The maximum Gasteiger partial charge on any atom is 0.573 e. The summed E-state index contributed by atoms with van der Waals surface area (Å²) in [5.74, 6) is 0.389. The third kappa shape index (κ3) is 5.81. The van der Waals surface area contributed by atoms with Gasteiger partial charge in [-0.25, -0.2) is 0 Å². The van der Waals surface area contributed by atoms with E-state index in [1.165, 1.54) is 12.1 Å². The molecule has 0 aliphatic heterocycles. The van der Waals surface area contributed by atoms with Gasteiger partial charge in [0.1, 0.15) is 5.75 Å². The lowest BCUT2D eigenvalue weighted by Gasteiger charge is -2.18. The van der Waals surface area contributed by atoms with Crippen LogP contribution in [0.15, 0.2) is 29.3 Å². The molecule has 1 aromatic carbocycles. The molecule has 0 radical (unpaired) electrons. The number of benzene rings is 1. The summed E-state index contributed by atoms with van der Waals surface area (Å²) in [5, 5.41) is 7.04. The maximum absolute atomic E-state index is 12.4. The Morgan fingerprint density at radius 1 is 1.33 bits per heavy atom. The van der Waals surface area contributed by atoms with E-state index in [1.54, 1.807) is 19.2 Å². The van der Waals surface area contributed by atoms with Gasteiger partial charge in [0.25, 0.3) is 0 Å². The van der Waals surface area contributed by atoms with Gasteiger partial charge in [-0.3, -0.25) is 4.99 Å². The first-order valence-electron chi connectivity index (χ1n) is 7.75. The van der Waals surface area contributed by atoms with Gasteiger partial charge >= 0.3 is 6.36 Å². The Morgan fingerprint density at radius 3 is 2.71 bits per heavy atom. The van der Waals surface area contributed by atoms with E-state index >= 15 is 0 Å². The molecule has 0 heterocycles. The van der Waals surface area contributed by atoms with Crippen molar-refractivity contribution in [3.05, 3.63) is 29.8 Å². The Bertz CT molecular complexity index is 566. The lowest BCUT2D eigenvalue weighted by molar-refractivity contribution is -0.274. The summed E-state index contributed by atoms with van der Waals surface area (Å²) in [6.07, 6.45) is 0.706. The number of ether oxygens (including phenoxy) is 1. The molecule has 1 fully saturated rings. The maximum atomic E-state index is 12.4. The normalized spacial score (nSPS) is 21.6. The largest absolute Gasteiger partial charge is 0.573 e. The monoisotopic (exact) mass is 361 g/mol. The summed E-state index contributed by atoms with van der Waals surface area (Å²) in [4.78, 5) is 4.15. The summed E-state index contributed by atoms with van der Waals surface area (Å²) >= 11 is 1.86. The molecule has 0 aromatic heterocycles. The third-order valence-electron chi connectivity index (χ3n) is 3.93. The summed E-state index contributed by atoms with van der Waals surface area (Å²) in [6.45, 7) is 0.199. The molecule has 2 rings (SSSR count). The third-order valence-corrected chi connectivity index (χ3v) is 5.02. The lowest BCUT2D eigenvalue weighted by atomic mass is 10.2. The van der Waals surface area contributed by atoms with Crippen LogP contribution in [-0.4, -0.2) is 36.9 Å². The summed E-state index contributed by atoms with van der Waals surface area (Å²) in [7, 11) is 1.65. The Morgan fingerprint density at radius 2 is 2.08 bits per heavy atom. The summed E-state index contributed by atoms with van der Waals surface area (Å²) in [5.41, 5.74) is 0.422. The second-order valence-corrected chi connectivity index (χ2v) is 6.73. The number of halogens is 3. The summed E-state index contributed by atoms with van der Waals surface area (Å²) in [6, 6.07) is 6.44. The zero-order valence-corrected chi connectivity index (χ0v) is 14.5. The van der Waals surface area contributed by atoms with E-state index in [0.29, 0.717) is 22.8 Å². The van der Waals surface area contributed by atoms with E-state index in [4.69, 9.17) is 0 Å². The number of guanidine groups is 1. The highest BCUT2D eigenvalue weighted by atomic mass is 32.2. The Kier molecular flexibility index (Phi) is 6.65. The lowest BCUT2D eigenvalue weighted by Crippen LogP contribution is -2.42. The minimum atomic E-state index is -4.70. The molecule has 2 unspecified atom stereocenters. The van der Waals surface area contributed by atoms with Gasteiger partial charge in [-0.2, -0.15) is 11.8 Å².